The summed E-state index contributed by atoms with van der Waals surface area (Å²) in [7, 11) is 0. The predicted octanol–water partition coefficient (Wildman–Crippen LogP) is 1.91. The third-order valence-corrected chi connectivity index (χ3v) is 3.60. The van der Waals surface area contributed by atoms with Gasteiger partial charge in [0.05, 0.1) is 11.8 Å². The minimum atomic E-state index is -0.196. The lowest BCUT2D eigenvalue weighted by atomic mass is 9.94. The molecule has 84 valence electrons. The minimum Gasteiger partial charge on any atom is -0.393 e. The summed E-state index contributed by atoms with van der Waals surface area (Å²) in [5, 5.41) is 14.2. The van der Waals surface area contributed by atoms with Gasteiger partial charge in [0.25, 0.3) is 0 Å². The van der Waals surface area contributed by atoms with Crippen LogP contribution in [0, 0.1) is 12.3 Å². The van der Waals surface area contributed by atoms with Crippen molar-refractivity contribution >= 4 is 0 Å². The quantitative estimate of drug-likeness (QED) is 0.821. The van der Waals surface area contributed by atoms with Crippen LogP contribution in [0.5, 0.6) is 0 Å². The average Bonchev–Trinajstić information content (AvgIpc) is 2.86. The first-order chi connectivity index (χ1) is 7.07. The normalized spacial score (nSPS) is 20.3. The van der Waals surface area contributed by atoms with E-state index in [4.69, 9.17) is 0 Å². The highest BCUT2D eigenvalue weighted by Crippen LogP contribution is 2.51. The molecule has 1 N–H and O–H groups in total. The van der Waals surface area contributed by atoms with Crippen LogP contribution in [0.15, 0.2) is 6.07 Å². The summed E-state index contributed by atoms with van der Waals surface area (Å²) in [6.45, 7) is 6.96. The van der Waals surface area contributed by atoms with Crippen molar-refractivity contribution in [2.75, 3.05) is 0 Å². The summed E-state index contributed by atoms with van der Waals surface area (Å²) >= 11 is 0. The number of nitrogens with zero attached hydrogens (tertiary/aromatic N) is 2. The Morgan fingerprint density at radius 1 is 1.60 bits per heavy atom. The molecule has 15 heavy (non-hydrogen) atoms. The first-order valence-corrected chi connectivity index (χ1v) is 5.79. The van der Waals surface area contributed by atoms with Crippen molar-refractivity contribution in [2.24, 2.45) is 5.41 Å². The van der Waals surface area contributed by atoms with Crippen molar-refractivity contribution in [1.29, 1.82) is 0 Å². The van der Waals surface area contributed by atoms with E-state index in [1.165, 1.54) is 5.69 Å². The van der Waals surface area contributed by atoms with E-state index in [0.29, 0.717) is 0 Å². The lowest BCUT2D eigenvalue weighted by Crippen LogP contribution is -2.22. The number of aliphatic hydroxyl groups excluding tert-OH is 1. The Morgan fingerprint density at radius 2 is 2.27 bits per heavy atom. The van der Waals surface area contributed by atoms with Gasteiger partial charge in [0.2, 0.25) is 0 Å². The second-order valence-electron chi connectivity index (χ2n) is 4.81. The maximum atomic E-state index is 9.74. The fourth-order valence-electron chi connectivity index (χ4n) is 2.28. The fraction of sp³-hybridized carbons (Fsp3) is 0.750. The molecule has 0 aromatic carbocycles. The van der Waals surface area contributed by atoms with Gasteiger partial charge in [0.15, 0.2) is 0 Å². The molecule has 1 aliphatic rings. The van der Waals surface area contributed by atoms with Crippen molar-refractivity contribution < 1.29 is 5.11 Å². The summed E-state index contributed by atoms with van der Waals surface area (Å²) in [4.78, 5) is 0. The van der Waals surface area contributed by atoms with E-state index in [2.05, 4.69) is 22.8 Å². The van der Waals surface area contributed by atoms with Crippen LogP contribution in [0.2, 0.25) is 0 Å². The Balaban J connectivity index is 2.17. The molecule has 1 aromatic rings. The minimum absolute atomic E-state index is 0.152. The van der Waals surface area contributed by atoms with Gasteiger partial charge in [0.1, 0.15) is 0 Å². The smallest absolute Gasteiger partial charge is 0.0596 e. The largest absolute Gasteiger partial charge is 0.393 e. The summed E-state index contributed by atoms with van der Waals surface area (Å²) in [5.74, 6) is 0. The van der Waals surface area contributed by atoms with Gasteiger partial charge in [0, 0.05) is 17.7 Å². The summed E-state index contributed by atoms with van der Waals surface area (Å²) in [6.07, 6.45) is 3.08. The van der Waals surface area contributed by atoms with Gasteiger partial charge in [-0.05, 0) is 46.1 Å². The van der Waals surface area contributed by atoms with E-state index in [1.807, 2.05) is 13.8 Å². The lowest BCUT2D eigenvalue weighted by molar-refractivity contribution is 0.109. The fourth-order valence-corrected chi connectivity index (χ4v) is 2.28. The lowest BCUT2D eigenvalue weighted by Gasteiger charge is -2.18. The third kappa shape index (κ3) is 1.93. The zero-order chi connectivity index (χ0) is 11.1. The number of rotatable bonds is 4. The van der Waals surface area contributed by atoms with Crippen molar-refractivity contribution in [3.05, 3.63) is 17.5 Å². The monoisotopic (exact) mass is 208 g/mol. The molecule has 1 aliphatic carbocycles. The first-order valence-electron chi connectivity index (χ1n) is 5.79. The van der Waals surface area contributed by atoms with Crippen LogP contribution < -0.4 is 0 Å². The number of hydrogen-bond acceptors (Lipinski definition) is 2. The molecule has 3 nitrogen and oxygen atoms in total. The number of aliphatic hydroxyl groups is 1. The maximum Gasteiger partial charge on any atom is 0.0596 e. The average molecular weight is 208 g/mol. The highest BCUT2D eigenvalue weighted by atomic mass is 16.3. The molecule has 1 saturated carbocycles. The molecule has 1 atom stereocenters. The van der Waals surface area contributed by atoms with Gasteiger partial charge in [-0.15, -0.1) is 0 Å². The molecule has 1 heterocycles. The van der Waals surface area contributed by atoms with Crippen LogP contribution in [0.25, 0.3) is 0 Å². The van der Waals surface area contributed by atoms with E-state index in [0.717, 1.165) is 31.5 Å². The molecule has 0 aliphatic heterocycles. The SMILES string of the molecule is CCn1nc(C)cc1CC1(C(C)O)CC1. The zero-order valence-corrected chi connectivity index (χ0v) is 9.82. The second-order valence-corrected chi connectivity index (χ2v) is 4.81. The van der Waals surface area contributed by atoms with E-state index in [1.54, 1.807) is 0 Å². The molecular weight excluding hydrogens is 188 g/mol. The van der Waals surface area contributed by atoms with Crippen LogP contribution in [-0.2, 0) is 13.0 Å². The zero-order valence-electron chi connectivity index (χ0n) is 9.82. The van der Waals surface area contributed by atoms with E-state index in [-0.39, 0.29) is 11.5 Å². The molecule has 0 radical (unpaired) electrons. The van der Waals surface area contributed by atoms with Gasteiger partial charge in [-0.1, -0.05) is 0 Å². The van der Waals surface area contributed by atoms with Gasteiger partial charge in [-0.3, -0.25) is 4.68 Å². The number of aromatic nitrogens is 2. The van der Waals surface area contributed by atoms with Crippen LogP contribution in [0.3, 0.4) is 0 Å². The Hall–Kier alpha value is -0.830. The molecule has 1 fully saturated rings. The van der Waals surface area contributed by atoms with Crippen LogP contribution >= 0.6 is 0 Å². The highest BCUT2D eigenvalue weighted by Gasteiger charge is 2.47. The Kier molecular flexibility index (Phi) is 2.59. The van der Waals surface area contributed by atoms with Crippen molar-refractivity contribution in [1.82, 2.24) is 9.78 Å². The Bertz CT molecular complexity index is 351. The molecule has 2 rings (SSSR count). The van der Waals surface area contributed by atoms with Gasteiger partial charge in [-0.25, -0.2) is 0 Å². The molecule has 0 amide bonds. The van der Waals surface area contributed by atoms with Crippen LogP contribution in [0.4, 0.5) is 0 Å². The van der Waals surface area contributed by atoms with E-state index in [9.17, 15) is 5.11 Å². The van der Waals surface area contributed by atoms with E-state index >= 15 is 0 Å². The molecule has 1 aromatic heterocycles. The Labute approximate surface area is 91.1 Å². The summed E-state index contributed by atoms with van der Waals surface area (Å²) < 4.78 is 2.05. The summed E-state index contributed by atoms with van der Waals surface area (Å²) in [6, 6.07) is 2.14. The highest BCUT2D eigenvalue weighted by molar-refractivity contribution is 5.15. The molecule has 0 saturated heterocycles. The second kappa shape index (κ2) is 3.63. The Morgan fingerprint density at radius 3 is 2.73 bits per heavy atom. The molecular formula is C12H20N2O. The van der Waals surface area contributed by atoms with Gasteiger partial charge >= 0.3 is 0 Å². The van der Waals surface area contributed by atoms with Crippen molar-refractivity contribution in [2.45, 2.75) is 52.7 Å². The third-order valence-electron chi connectivity index (χ3n) is 3.60. The summed E-state index contributed by atoms with van der Waals surface area (Å²) in [5.41, 5.74) is 2.50. The van der Waals surface area contributed by atoms with Gasteiger partial charge < -0.3 is 5.11 Å². The van der Waals surface area contributed by atoms with Crippen molar-refractivity contribution in [3.63, 3.8) is 0 Å². The van der Waals surface area contributed by atoms with Crippen LogP contribution in [-0.4, -0.2) is 21.0 Å². The maximum absolute atomic E-state index is 9.74. The van der Waals surface area contributed by atoms with Gasteiger partial charge in [-0.2, -0.15) is 5.10 Å². The predicted molar refractivity (Wildman–Crippen MR) is 59.7 cm³/mol. The molecule has 0 spiro atoms. The van der Waals surface area contributed by atoms with Crippen molar-refractivity contribution in [3.8, 4) is 0 Å². The number of aryl methyl sites for hydroxylation is 2. The standard InChI is InChI=1S/C12H20N2O/c1-4-14-11(7-9(2)13-14)8-12(5-6-12)10(3)15/h7,10,15H,4-6,8H2,1-3H3. The van der Waals surface area contributed by atoms with E-state index < -0.39 is 0 Å². The first kappa shape index (κ1) is 10.7. The number of hydrogen-bond donors (Lipinski definition) is 1. The molecule has 1 unspecified atom stereocenters. The molecule has 3 heteroatoms. The topological polar surface area (TPSA) is 38.0 Å². The molecule has 0 bridgehead atoms. The van der Waals surface area contributed by atoms with Crippen LogP contribution in [0.1, 0.15) is 38.1 Å².